The first-order valence-electron chi connectivity index (χ1n) is 6.08. The van der Waals surface area contributed by atoms with Crippen LogP contribution in [-0.2, 0) is 14.6 Å². The highest BCUT2D eigenvalue weighted by atomic mass is 32.2. The van der Waals surface area contributed by atoms with Crippen molar-refractivity contribution in [2.24, 2.45) is 5.73 Å². The Kier molecular flexibility index (Phi) is 4.21. The second kappa shape index (κ2) is 5.58. The summed E-state index contributed by atoms with van der Waals surface area (Å²) in [4.78, 5) is 11.3. The molecule has 1 saturated heterocycles. The maximum absolute atomic E-state index is 11.8. The lowest BCUT2D eigenvalue weighted by Crippen LogP contribution is -2.18. The molecule has 1 atom stereocenters. The molecule has 112 valence electrons. The number of nitrogens with two attached hydrogens (primary N) is 2. The van der Waals surface area contributed by atoms with Crippen molar-refractivity contribution >= 4 is 37.8 Å². The average molecular weight is 319 g/mol. The molecule has 9 heteroatoms. The highest BCUT2D eigenvalue weighted by Gasteiger charge is 2.27. The Morgan fingerprint density at radius 1 is 1.55 bits per heavy atom. The Hall–Kier alpha value is -1.32. The lowest BCUT2D eigenvalue weighted by Gasteiger charge is -2.11. The number of amides is 1. The highest BCUT2D eigenvalue weighted by Crippen LogP contribution is 2.39. The summed E-state index contributed by atoms with van der Waals surface area (Å²) in [5, 5.41) is 3.35. The van der Waals surface area contributed by atoms with Crippen LogP contribution in [0.2, 0.25) is 0 Å². The quantitative estimate of drug-likeness (QED) is 0.722. The zero-order chi connectivity index (χ0) is 14.9. The minimum atomic E-state index is -3.55. The van der Waals surface area contributed by atoms with Gasteiger partial charge in [0.1, 0.15) is 14.8 Å². The molecular formula is C11H17N3O4S2. The van der Waals surface area contributed by atoms with E-state index < -0.39 is 15.7 Å². The summed E-state index contributed by atoms with van der Waals surface area (Å²) in [5.74, 6) is -0.734. The maximum atomic E-state index is 11.8. The molecule has 1 unspecified atom stereocenters. The van der Waals surface area contributed by atoms with Gasteiger partial charge in [0.15, 0.2) is 9.84 Å². The molecule has 0 aromatic carbocycles. The van der Waals surface area contributed by atoms with Crippen LogP contribution in [0.15, 0.2) is 4.90 Å². The number of carbonyl (C=O) groups excluding carboxylic acids is 1. The molecular weight excluding hydrogens is 302 g/mol. The molecule has 1 fully saturated rings. The lowest BCUT2D eigenvalue weighted by molar-refractivity contribution is 0.100. The molecule has 1 aromatic heterocycles. The molecule has 1 aromatic rings. The molecule has 0 saturated carbocycles. The van der Waals surface area contributed by atoms with Crippen LogP contribution in [0.4, 0.5) is 10.7 Å². The predicted molar refractivity (Wildman–Crippen MR) is 77.8 cm³/mol. The summed E-state index contributed by atoms with van der Waals surface area (Å²) in [6.45, 7) is 1.19. The summed E-state index contributed by atoms with van der Waals surface area (Å²) in [6.07, 6.45) is 3.01. The summed E-state index contributed by atoms with van der Waals surface area (Å²) in [5.41, 5.74) is 10.9. The van der Waals surface area contributed by atoms with Crippen LogP contribution in [-0.4, -0.2) is 39.8 Å². The minimum absolute atomic E-state index is 0.0442. The first-order valence-corrected chi connectivity index (χ1v) is 8.79. The second-order valence-corrected chi connectivity index (χ2v) is 7.63. The Labute approximate surface area is 121 Å². The van der Waals surface area contributed by atoms with E-state index in [1.807, 2.05) is 0 Å². The number of ether oxygens (including phenoxy) is 1. The summed E-state index contributed by atoms with van der Waals surface area (Å²) >= 11 is 0.959. The van der Waals surface area contributed by atoms with Crippen molar-refractivity contribution in [2.75, 3.05) is 30.5 Å². The minimum Gasteiger partial charge on any atom is -0.396 e. The molecule has 5 N–H and O–H groups in total. The average Bonchev–Trinajstić information content (AvgIpc) is 2.92. The van der Waals surface area contributed by atoms with Gasteiger partial charge < -0.3 is 21.5 Å². The molecule has 2 heterocycles. The zero-order valence-electron chi connectivity index (χ0n) is 11.0. The fraction of sp³-hybridized carbons (Fsp3) is 0.545. The van der Waals surface area contributed by atoms with Gasteiger partial charge in [-0.3, -0.25) is 4.79 Å². The van der Waals surface area contributed by atoms with Crippen LogP contribution in [0.5, 0.6) is 0 Å². The fourth-order valence-electron chi connectivity index (χ4n) is 2.11. The van der Waals surface area contributed by atoms with Gasteiger partial charge in [-0.2, -0.15) is 0 Å². The molecule has 7 nitrogen and oxygen atoms in total. The van der Waals surface area contributed by atoms with Gasteiger partial charge in [-0.05, 0) is 12.8 Å². The SMILES string of the molecule is CS(=O)(=O)c1c(NCC2CCCO2)sc(C(N)=O)c1N. The van der Waals surface area contributed by atoms with Gasteiger partial charge in [0.05, 0.1) is 11.8 Å². The van der Waals surface area contributed by atoms with Gasteiger partial charge in [-0.1, -0.05) is 0 Å². The van der Waals surface area contributed by atoms with E-state index in [4.69, 9.17) is 16.2 Å². The van der Waals surface area contributed by atoms with Gasteiger partial charge >= 0.3 is 0 Å². The standard InChI is InChI=1S/C11H17N3O4S2/c1-20(16,17)9-7(12)8(10(13)15)19-11(9)14-5-6-3-2-4-18-6/h6,14H,2-5,12H2,1H3,(H2,13,15). The number of hydrogen-bond donors (Lipinski definition) is 3. The number of thiophene rings is 1. The largest absolute Gasteiger partial charge is 0.396 e. The summed E-state index contributed by atoms with van der Waals surface area (Å²) < 4.78 is 29.1. The van der Waals surface area contributed by atoms with Crippen molar-refractivity contribution in [1.29, 1.82) is 0 Å². The normalized spacial score (nSPS) is 19.1. The molecule has 20 heavy (non-hydrogen) atoms. The molecule has 1 aliphatic heterocycles. The molecule has 0 spiro atoms. The number of carbonyl (C=O) groups is 1. The summed E-state index contributed by atoms with van der Waals surface area (Å²) in [7, 11) is -3.55. The molecule has 1 aliphatic rings. The lowest BCUT2D eigenvalue weighted by atomic mass is 10.2. The fourth-order valence-corrected chi connectivity index (χ4v) is 4.54. The Morgan fingerprint density at radius 2 is 2.25 bits per heavy atom. The van der Waals surface area contributed by atoms with E-state index in [0.29, 0.717) is 18.2 Å². The van der Waals surface area contributed by atoms with Gasteiger partial charge in [0, 0.05) is 19.4 Å². The highest BCUT2D eigenvalue weighted by molar-refractivity contribution is 7.91. The van der Waals surface area contributed by atoms with Crippen LogP contribution < -0.4 is 16.8 Å². The van der Waals surface area contributed by atoms with E-state index in [2.05, 4.69) is 5.32 Å². The van der Waals surface area contributed by atoms with Crippen molar-refractivity contribution < 1.29 is 17.9 Å². The van der Waals surface area contributed by atoms with Crippen LogP contribution in [0, 0.1) is 0 Å². The van der Waals surface area contributed by atoms with Gasteiger partial charge in [0.2, 0.25) is 0 Å². The molecule has 0 radical (unpaired) electrons. The summed E-state index contributed by atoms with van der Waals surface area (Å²) in [6, 6.07) is 0. The zero-order valence-corrected chi connectivity index (χ0v) is 12.6. The Morgan fingerprint density at radius 3 is 2.75 bits per heavy atom. The Balaban J connectivity index is 2.30. The first-order chi connectivity index (χ1) is 9.30. The van der Waals surface area contributed by atoms with Crippen molar-refractivity contribution in [3.05, 3.63) is 4.88 Å². The van der Waals surface area contributed by atoms with E-state index >= 15 is 0 Å². The monoisotopic (exact) mass is 319 g/mol. The number of sulfone groups is 1. The molecule has 0 aliphatic carbocycles. The van der Waals surface area contributed by atoms with Crippen molar-refractivity contribution in [2.45, 2.75) is 23.8 Å². The smallest absolute Gasteiger partial charge is 0.261 e. The number of primary amides is 1. The molecule has 1 amide bonds. The molecule has 0 bridgehead atoms. The third-order valence-electron chi connectivity index (χ3n) is 3.01. The van der Waals surface area contributed by atoms with Crippen molar-refractivity contribution in [3.63, 3.8) is 0 Å². The van der Waals surface area contributed by atoms with Crippen LogP contribution >= 0.6 is 11.3 Å². The third-order valence-corrected chi connectivity index (χ3v) is 5.48. The maximum Gasteiger partial charge on any atom is 0.261 e. The molecule has 2 rings (SSSR count). The van der Waals surface area contributed by atoms with Gasteiger partial charge in [0.25, 0.3) is 5.91 Å². The third kappa shape index (κ3) is 3.05. The number of hydrogen-bond acceptors (Lipinski definition) is 7. The van der Waals surface area contributed by atoms with E-state index in [0.717, 1.165) is 30.4 Å². The van der Waals surface area contributed by atoms with Crippen LogP contribution in [0.3, 0.4) is 0 Å². The van der Waals surface area contributed by atoms with Crippen LogP contribution in [0.1, 0.15) is 22.5 Å². The first kappa shape index (κ1) is 15.1. The topological polar surface area (TPSA) is 125 Å². The number of anilines is 2. The van der Waals surface area contributed by atoms with Crippen LogP contribution in [0.25, 0.3) is 0 Å². The van der Waals surface area contributed by atoms with Gasteiger partial charge in [-0.25, -0.2) is 8.42 Å². The number of nitrogen functional groups attached to an aromatic ring is 1. The van der Waals surface area contributed by atoms with E-state index in [-0.39, 0.29) is 21.6 Å². The number of rotatable bonds is 5. The Bertz CT molecular complexity index is 618. The van der Waals surface area contributed by atoms with E-state index in [1.54, 1.807) is 0 Å². The van der Waals surface area contributed by atoms with E-state index in [1.165, 1.54) is 0 Å². The van der Waals surface area contributed by atoms with Crippen molar-refractivity contribution in [3.8, 4) is 0 Å². The predicted octanol–water partition coefficient (Wildman–Crippen LogP) is 0.424. The van der Waals surface area contributed by atoms with E-state index in [9.17, 15) is 13.2 Å². The number of nitrogens with one attached hydrogen (secondary N) is 1. The second-order valence-electron chi connectivity index (χ2n) is 4.66. The van der Waals surface area contributed by atoms with Crippen molar-refractivity contribution in [1.82, 2.24) is 0 Å². The van der Waals surface area contributed by atoms with Gasteiger partial charge in [-0.15, -0.1) is 11.3 Å².